The fraction of sp³-hybridized carbons (Fsp3) is 0.211. The Labute approximate surface area is 160 Å². The molecule has 8 heteroatoms. The molecule has 3 rings (SSSR count). The van der Waals surface area contributed by atoms with E-state index in [1.807, 2.05) is 13.0 Å². The number of carbonyl (C=O) groups is 1. The maximum atomic E-state index is 14.5. The molecule has 3 aromatic rings. The number of ether oxygens (including phenoxy) is 1. The van der Waals surface area contributed by atoms with Crippen molar-refractivity contribution in [3.8, 4) is 0 Å². The van der Waals surface area contributed by atoms with Crippen LogP contribution < -0.4 is 4.72 Å². The van der Waals surface area contributed by atoms with Gasteiger partial charge in [0.15, 0.2) is 0 Å². The van der Waals surface area contributed by atoms with Gasteiger partial charge in [-0.1, -0.05) is 25.1 Å². The Balaban J connectivity index is 2.18. The van der Waals surface area contributed by atoms with Gasteiger partial charge in [-0.3, -0.25) is 4.72 Å². The van der Waals surface area contributed by atoms with Crippen LogP contribution in [0.2, 0.25) is 0 Å². The number of sulfonamides is 1. The van der Waals surface area contributed by atoms with E-state index in [1.54, 1.807) is 31.2 Å². The summed E-state index contributed by atoms with van der Waals surface area (Å²) in [6, 6.07) is 11.1. The highest BCUT2D eigenvalue weighted by Gasteiger charge is 2.31. The molecule has 0 atom stereocenters. The molecule has 0 saturated carbocycles. The smallest absolute Gasteiger partial charge is 0.349 e. The number of hydrogen-bond acceptors (Lipinski definition) is 5. The third-order valence-corrected chi connectivity index (χ3v) is 6.65. The first-order chi connectivity index (χ1) is 12.9. The molecule has 5 nitrogen and oxygen atoms in total. The number of esters is 1. The van der Waals surface area contributed by atoms with Crippen LogP contribution in [0.5, 0.6) is 0 Å². The minimum atomic E-state index is -4.22. The summed E-state index contributed by atoms with van der Waals surface area (Å²) in [7, 11) is -4.22. The average Bonchev–Trinajstić information content (AvgIpc) is 3.04. The number of thiophene rings is 1. The SMILES string of the molecule is CCOC(=O)c1sc2cccc(F)c2c1S(=O)(=O)Nc1cccc(CC)c1. The molecule has 0 fully saturated rings. The lowest BCUT2D eigenvalue weighted by atomic mass is 10.1. The second-order valence-electron chi connectivity index (χ2n) is 5.75. The minimum absolute atomic E-state index is 0.0843. The Hall–Kier alpha value is -2.45. The highest BCUT2D eigenvalue weighted by Crippen LogP contribution is 2.37. The van der Waals surface area contributed by atoms with Crippen molar-refractivity contribution in [1.82, 2.24) is 0 Å². The van der Waals surface area contributed by atoms with Gasteiger partial charge in [-0.25, -0.2) is 17.6 Å². The van der Waals surface area contributed by atoms with Crippen molar-refractivity contribution in [2.45, 2.75) is 25.2 Å². The number of hydrogen-bond donors (Lipinski definition) is 1. The van der Waals surface area contributed by atoms with Crippen LogP contribution in [0.4, 0.5) is 10.1 Å². The standard InChI is InChI=1S/C19H18FNO4S2/c1-3-12-7-5-8-13(11-12)21-27(23,24)18-16-14(20)9-6-10-15(16)26-17(18)19(22)25-4-2/h5-11,21H,3-4H2,1-2H3. The number of carbonyl (C=O) groups excluding carboxylic acids is 1. The number of rotatable bonds is 6. The second kappa shape index (κ2) is 7.66. The first kappa shape index (κ1) is 19.3. The van der Waals surface area contributed by atoms with Gasteiger partial charge < -0.3 is 4.74 Å². The van der Waals surface area contributed by atoms with Crippen LogP contribution in [0.15, 0.2) is 47.4 Å². The molecule has 1 N–H and O–H groups in total. The monoisotopic (exact) mass is 407 g/mol. The molecule has 0 radical (unpaired) electrons. The molecule has 142 valence electrons. The van der Waals surface area contributed by atoms with Crippen LogP contribution in [0.25, 0.3) is 10.1 Å². The Morgan fingerprint density at radius 3 is 2.63 bits per heavy atom. The topological polar surface area (TPSA) is 72.5 Å². The molecule has 0 unspecified atom stereocenters. The van der Waals surface area contributed by atoms with Gasteiger partial charge in [-0.15, -0.1) is 11.3 Å². The Morgan fingerprint density at radius 2 is 1.93 bits per heavy atom. The zero-order valence-electron chi connectivity index (χ0n) is 14.8. The quantitative estimate of drug-likeness (QED) is 0.607. The van der Waals surface area contributed by atoms with Crippen LogP contribution in [-0.2, 0) is 21.2 Å². The van der Waals surface area contributed by atoms with E-state index in [9.17, 15) is 17.6 Å². The molecule has 1 aromatic heterocycles. The summed E-state index contributed by atoms with van der Waals surface area (Å²) < 4.78 is 48.4. The maximum Gasteiger partial charge on any atom is 0.349 e. The summed E-state index contributed by atoms with van der Waals surface area (Å²) in [4.78, 5) is 11.8. The molecule has 0 spiro atoms. The fourth-order valence-corrected chi connectivity index (χ4v) is 5.59. The second-order valence-corrected chi connectivity index (χ2v) is 8.42. The fourth-order valence-electron chi connectivity index (χ4n) is 2.73. The van der Waals surface area contributed by atoms with E-state index < -0.39 is 21.8 Å². The van der Waals surface area contributed by atoms with Gasteiger partial charge in [-0.2, -0.15) is 0 Å². The predicted octanol–water partition coefficient (Wildman–Crippen LogP) is 4.58. The van der Waals surface area contributed by atoms with E-state index in [4.69, 9.17) is 4.74 Å². The summed E-state index contributed by atoms with van der Waals surface area (Å²) in [5.74, 6) is -1.50. The van der Waals surface area contributed by atoms with E-state index in [0.29, 0.717) is 10.4 Å². The van der Waals surface area contributed by atoms with E-state index in [1.165, 1.54) is 12.1 Å². The van der Waals surface area contributed by atoms with Crippen LogP contribution in [0, 0.1) is 5.82 Å². The van der Waals surface area contributed by atoms with Gasteiger partial charge in [-0.05, 0) is 43.2 Å². The van der Waals surface area contributed by atoms with Crippen molar-refractivity contribution in [3.63, 3.8) is 0 Å². The van der Waals surface area contributed by atoms with Crippen molar-refractivity contribution in [2.75, 3.05) is 11.3 Å². The van der Waals surface area contributed by atoms with Crippen LogP contribution in [-0.4, -0.2) is 21.0 Å². The molecule has 0 saturated heterocycles. The zero-order chi connectivity index (χ0) is 19.6. The van der Waals surface area contributed by atoms with E-state index in [-0.39, 0.29) is 21.8 Å². The predicted molar refractivity (Wildman–Crippen MR) is 104 cm³/mol. The molecule has 27 heavy (non-hydrogen) atoms. The van der Waals surface area contributed by atoms with Gasteiger partial charge >= 0.3 is 5.97 Å². The number of aryl methyl sites for hydroxylation is 1. The largest absolute Gasteiger partial charge is 0.462 e. The van der Waals surface area contributed by atoms with E-state index in [0.717, 1.165) is 23.3 Å². The normalized spacial score (nSPS) is 11.5. The first-order valence-electron chi connectivity index (χ1n) is 8.37. The average molecular weight is 407 g/mol. The molecule has 0 amide bonds. The molecular formula is C19H18FNO4S2. The van der Waals surface area contributed by atoms with Crippen LogP contribution in [0.1, 0.15) is 29.1 Å². The summed E-state index contributed by atoms with van der Waals surface area (Å²) in [6.45, 7) is 3.66. The van der Waals surface area contributed by atoms with Gasteiger partial charge in [0.2, 0.25) is 0 Å². The number of fused-ring (bicyclic) bond motifs is 1. The number of anilines is 1. The highest BCUT2D eigenvalue weighted by atomic mass is 32.2. The van der Waals surface area contributed by atoms with Gasteiger partial charge in [0.05, 0.1) is 6.61 Å². The third kappa shape index (κ3) is 3.81. The van der Waals surface area contributed by atoms with Crippen LogP contribution in [0.3, 0.4) is 0 Å². The first-order valence-corrected chi connectivity index (χ1v) is 10.7. The third-order valence-electron chi connectivity index (χ3n) is 3.94. The Bertz CT molecular complexity index is 1110. The van der Waals surface area contributed by atoms with E-state index in [2.05, 4.69) is 4.72 Å². The van der Waals surface area contributed by atoms with Gasteiger partial charge in [0.1, 0.15) is 15.6 Å². The Kier molecular flexibility index (Phi) is 5.48. The molecule has 0 aliphatic rings. The maximum absolute atomic E-state index is 14.5. The van der Waals surface area contributed by atoms with Crippen LogP contribution >= 0.6 is 11.3 Å². The van der Waals surface area contributed by atoms with Crippen molar-refractivity contribution in [3.05, 3.63) is 58.7 Å². The molecule has 1 heterocycles. The summed E-state index contributed by atoms with van der Waals surface area (Å²) in [5, 5.41) is -0.107. The number of benzene rings is 2. The lowest BCUT2D eigenvalue weighted by Gasteiger charge is -2.10. The molecule has 0 bridgehead atoms. The van der Waals surface area contributed by atoms with Gasteiger partial charge in [0, 0.05) is 15.8 Å². The van der Waals surface area contributed by atoms with Crippen molar-refractivity contribution >= 4 is 43.1 Å². The number of halogens is 1. The van der Waals surface area contributed by atoms with E-state index >= 15 is 0 Å². The molecule has 0 aliphatic heterocycles. The highest BCUT2D eigenvalue weighted by molar-refractivity contribution is 7.93. The van der Waals surface area contributed by atoms with Crippen molar-refractivity contribution in [1.29, 1.82) is 0 Å². The lowest BCUT2D eigenvalue weighted by Crippen LogP contribution is -2.17. The molecular weight excluding hydrogens is 389 g/mol. The zero-order valence-corrected chi connectivity index (χ0v) is 16.4. The van der Waals surface area contributed by atoms with Crippen molar-refractivity contribution in [2.24, 2.45) is 0 Å². The molecule has 0 aliphatic carbocycles. The van der Waals surface area contributed by atoms with Crippen molar-refractivity contribution < 1.29 is 22.3 Å². The summed E-state index contributed by atoms with van der Waals surface area (Å²) in [6.07, 6.45) is 0.736. The minimum Gasteiger partial charge on any atom is -0.462 e. The Morgan fingerprint density at radius 1 is 1.19 bits per heavy atom. The lowest BCUT2D eigenvalue weighted by molar-refractivity contribution is 0.0528. The van der Waals surface area contributed by atoms with Gasteiger partial charge in [0.25, 0.3) is 10.0 Å². The number of nitrogens with one attached hydrogen (secondary N) is 1. The summed E-state index contributed by atoms with van der Waals surface area (Å²) in [5.41, 5.74) is 1.29. The summed E-state index contributed by atoms with van der Waals surface area (Å²) >= 11 is 0.898. The molecule has 2 aromatic carbocycles.